The largest absolute Gasteiger partial charge is 0.490 e. The molecule has 0 aromatic heterocycles. The van der Waals surface area contributed by atoms with Gasteiger partial charge in [0.1, 0.15) is 24.2 Å². The molecule has 0 radical (unpaired) electrons. The minimum Gasteiger partial charge on any atom is -0.490 e. The topological polar surface area (TPSA) is 44.5 Å². The number of hydrogen-bond acceptors (Lipinski definition) is 3. The second kappa shape index (κ2) is 6.50. The summed E-state index contributed by atoms with van der Waals surface area (Å²) in [5.41, 5.74) is 8.05. The molecule has 1 aliphatic rings. The van der Waals surface area contributed by atoms with Gasteiger partial charge in [0.25, 0.3) is 0 Å². The molecule has 1 heterocycles. The smallest absolute Gasteiger partial charge is 0.137 e. The zero-order valence-corrected chi connectivity index (χ0v) is 13.3. The number of rotatable bonds is 5. The summed E-state index contributed by atoms with van der Waals surface area (Å²) in [7, 11) is 0. The molecule has 1 aliphatic heterocycles. The van der Waals surface area contributed by atoms with E-state index in [4.69, 9.17) is 15.2 Å². The fourth-order valence-electron chi connectivity index (χ4n) is 2.52. The summed E-state index contributed by atoms with van der Waals surface area (Å²) in [5.74, 6) is 1.84. The molecule has 0 spiro atoms. The Balaban J connectivity index is 1.60. The molecule has 3 rings (SSSR count). The van der Waals surface area contributed by atoms with Gasteiger partial charge < -0.3 is 15.2 Å². The van der Waals surface area contributed by atoms with Crippen LogP contribution >= 0.6 is 15.9 Å². The van der Waals surface area contributed by atoms with Crippen LogP contribution in [0.25, 0.3) is 0 Å². The van der Waals surface area contributed by atoms with Crippen LogP contribution in [0.1, 0.15) is 11.1 Å². The first-order valence-corrected chi connectivity index (χ1v) is 7.91. The Labute approximate surface area is 133 Å². The van der Waals surface area contributed by atoms with Crippen molar-refractivity contribution in [3.63, 3.8) is 0 Å². The van der Waals surface area contributed by atoms with Gasteiger partial charge in [-0.1, -0.05) is 34.1 Å². The Bertz CT molecular complexity index is 605. The molecule has 0 saturated carbocycles. The van der Waals surface area contributed by atoms with Gasteiger partial charge in [0.2, 0.25) is 0 Å². The molecule has 2 N–H and O–H groups in total. The first-order chi connectivity index (χ1) is 10.3. The molecule has 1 atom stereocenters. The van der Waals surface area contributed by atoms with Gasteiger partial charge >= 0.3 is 0 Å². The number of ether oxygens (including phenoxy) is 2. The highest BCUT2D eigenvalue weighted by atomic mass is 79.9. The van der Waals surface area contributed by atoms with Crippen molar-refractivity contribution in [2.45, 2.75) is 18.9 Å². The van der Waals surface area contributed by atoms with E-state index in [2.05, 4.69) is 22.0 Å². The molecular formula is C17H18BrNO2. The molecule has 21 heavy (non-hydrogen) atoms. The van der Waals surface area contributed by atoms with Crippen LogP contribution in [0.3, 0.4) is 0 Å². The summed E-state index contributed by atoms with van der Waals surface area (Å²) >= 11 is 3.53. The van der Waals surface area contributed by atoms with Crippen molar-refractivity contribution in [1.29, 1.82) is 0 Å². The van der Waals surface area contributed by atoms with Crippen molar-refractivity contribution in [3.05, 3.63) is 58.1 Å². The van der Waals surface area contributed by atoms with Crippen LogP contribution in [0.4, 0.5) is 0 Å². The van der Waals surface area contributed by atoms with Crippen LogP contribution < -0.4 is 15.2 Å². The van der Waals surface area contributed by atoms with E-state index < -0.39 is 0 Å². The molecule has 2 aromatic carbocycles. The van der Waals surface area contributed by atoms with Gasteiger partial charge in [0.05, 0.1) is 0 Å². The van der Waals surface area contributed by atoms with Gasteiger partial charge in [-0.05, 0) is 48.4 Å². The number of fused-ring (bicyclic) bond motifs is 1. The van der Waals surface area contributed by atoms with E-state index in [1.165, 1.54) is 11.1 Å². The number of hydrogen-bond donors (Lipinski definition) is 1. The van der Waals surface area contributed by atoms with Gasteiger partial charge in [0, 0.05) is 10.9 Å². The van der Waals surface area contributed by atoms with E-state index >= 15 is 0 Å². The van der Waals surface area contributed by atoms with Crippen molar-refractivity contribution in [2.75, 3.05) is 13.2 Å². The summed E-state index contributed by atoms with van der Waals surface area (Å²) in [6, 6.07) is 14.2. The normalized spacial score (nSPS) is 16.4. The van der Waals surface area contributed by atoms with Crippen LogP contribution in [-0.2, 0) is 12.8 Å². The Morgan fingerprint density at radius 1 is 1.24 bits per heavy atom. The minimum absolute atomic E-state index is 0.0870. The van der Waals surface area contributed by atoms with Crippen LogP contribution in [0.15, 0.2) is 46.9 Å². The van der Waals surface area contributed by atoms with E-state index in [9.17, 15) is 0 Å². The van der Waals surface area contributed by atoms with Crippen molar-refractivity contribution in [3.8, 4) is 11.5 Å². The van der Waals surface area contributed by atoms with Crippen LogP contribution in [0.2, 0.25) is 0 Å². The average Bonchev–Trinajstić information content (AvgIpc) is 2.91. The minimum atomic E-state index is 0.0870. The predicted octanol–water partition coefficient (Wildman–Crippen LogP) is 3.33. The third-order valence-electron chi connectivity index (χ3n) is 3.58. The molecule has 0 bridgehead atoms. The molecule has 2 aromatic rings. The second-order valence-corrected chi connectivity index (χ2v) is 6.01. The second-order valence-electron chi connectivity index (χ2n) is 5.15. The maximum Gasteiger partial charge on any atom is 0.137 e. The molecule has 1 unspecified atom stereocenters. The zero-order valence-electron chi connectivity index (χ0n) is 11.7. The van der Waals surface area contributed by atoms with Crippen molar-refractivity contribution < 1.29 is 9.47 Å². The monoisotopic (exact) mass is 347 g/mol. The average molecular weight is 348 g/mol. The van der Waals surface area contributed by atoms with Gasteiger partial charge in [-0.15, -0.1) is 0 Å². The molecule has 110 valence electrons. The highest BCUT2D eigenvalue weighted by Crippen LogP contribution is 2.29. The molecule has 0 aliphatic carbocycles. The molecule has 0 saturated heterocycles. The Morgan fingerprint density at radius 3 is 2.90 bits per heavy atom. The fourth-order valence-corrected chi connectivity index (χ4v) is 2.97. The standard InChI is InChI=1S/C17H18BrNO2/c18-16-6-5-14(9-12(16)7-8-19)20-11-15-10-13-3-1-2-4-17(13)21-15/h1-6,9,15H,7-8,10-11,19H2. The molecule has 0 amide bonds. The number of benzene rings is 2. The summed E-state index contributed by atoms with van der Waals surface area (Å²) in [6.07, 6.45) is 1.83. The van der Waals surface area contributed by atoms with E-state index in [1.807, 2.05) is 36.4 Å². The molecular weight excluding hydrogens is 330 g/mol. The van der Waals surface area contributed by atoms with Gasteiger partial charge in [-0.25, -0.2) is 0 Å². The Kier molecular flexibility index (Phi) is 4.46. The summed E-state index contributed by atoms with van der Waals surface area (Å²) in [6.45, 7) is 1.18. The maximum atomic E-state index is 5.88. The van der Waals surface area contributed by atoms with Crippen LogP contribution in [0, 0.1) is 0 Å². The van der Waals surface area contributed by atoms with E-state index in [0.29, 0.717) is 13.2 Å². The molecule has 4 heteroatoms. The predicted molar refractivity (Wildman–Crippen MR) is 87.0 cm³/mol. The molecule has 0 fully saturated rings. The molecule has 3 nitrogen and oxygen atoms in total. The van der Waals surface area contributed by atoms with Crippen molar-refractivity contribution in [2.24, 2.45) is 5.73 Å². The van der Waals surface area contributed by atoms with Gasteiger partial charge in [-0.2, -0.15) is 0 Å². The summed E-state index contributed by atoms with van der Waals surface area (Å²) in [4.78, 5) is 0. The first-order valence-electron chi connectivity index (χ1n) is 7.12. The van der Waals surface area contributed by atoms with Crippen LogP contribution in [-0.4, -0.2) is 19.3 Å². The quantitative estimate of drug-likeness (QED) is 0.902. The van der Waals surface area contributed by atoms with Crippen molar-refractivity contribution in [1.82, 2.24) is 0 Å². The zero-order chi connectivity index (χ0) is 14.7. The highest BCUT2D eigenvalue weighted by Gasteiger charge is 2.22. The maximum absolute atomic E-state index is 5.88. The van der Waals surface area contributed by atoms with Gasteiger partial charge in [0.15, 0.2) is 0 Å². The third kappa shape index (κ3) is 3.39. The Morgan fingerprint density at radius 2 is 2.10 bits per heavy atom. The number of para-hydroxylation sites is 1. The fraction of sp³-hybridized carbons (Fsp3) is 0.294. The lowest BCUT2D eigenvalue weighted by atomic mass is 10.1. The lowest BCUT2D eigenvalue weighted by Crippen LogP contribution is -2.22. The first kappa shape index (κ1) is 14.4. The SMILES string of the molecule is NCCc1cc(OCC2Cc3ccccc3O2)ccc1Br. The number of halogens is 1. The third-order valence-corrected chi connectivity index (χ3v) is 4.35. The van der Waals surface area contributed by atoms with Crippen molar-refractivity contribution >= 4 is 15.9 Å². The number of nitrogens with two attached hydrogens (primary N) is 1. The Hall–Kier alpha value is -1.52. The lowest BCUT2D eigenvalue weighted by Gasteiger charge is -2.13. The summed E-state index contributed by atoms with van der Waals surface area (Å²) < 4.78 is 12.8. The summed E-state index contributed by atoms with van der Waals surface area (Å²) in [5, 5.41) is 0. The van der Waals surface area contributed by atoms with E-state index in [-0.39, 0.29) is 6.10 Å². The van der Waals surface area contributed by atoms with Crippen LogP contribution in [0.5, 0.6) is 11.5 Å². The lowest BCUT2D eigenvalue weighted by molar-refractivity contribution is 0.148. The highest BCUT2D eigenvalue weighted by molar-refractivity contribution is 9.10. The van der Waals surface area contributed by atoms with E-state index in [0.717, 1.165) is 28.8 Å². The van der Waals surface area contributed by atoms with E-state index in [1.54, 1.807) is 0 Å². The van der Waals surface area contributed by atoms with Gasteiger partial charge in [-0.3, -0.25) is 0 Å².